The molecule has 2 heterocycles. The molecule has 0 aromatic heterocycles. The van der Waals surface area contributed by atoms with Crippen LogP contribution in [0.4, 0.5) is 10.1 Å². The summed E-state index contributed by atoms with van der Waals surface area (Å²) in [6.45, 7) is 0. The summed E-state index contributed by atoms with van der Waals surface area (Å²) in [4.78, 5) is 18.5. The van der Waals surface area contributed by atoms with Gasteiger partial charge in [-0.05, 0) is 42.7 Å². The van der Waals surface area contributed by atoms with Gasteiger partial charge in [-0.2, -0.15) is 4.99 Å². The average molecular weight is 433 g/mol. The van der Waals surface area contributed by atoms with Crippen LogP contribution in [0.15, 0.2) is 59.6 Å². The van der Waals surface area contributed by atoms with Gasteiger partial charge in [0, 0.05) is 17.4 Å². The Kier molecular flexibility index (Phi) is 5.74. The van der Waals surface area contributed by atoms with Crippen LogP contribution in [0.1, 0.15) is 18.4 Å². The van der Waals surface area contributed by atoms with Crippen LogP contribution in [0.5, 0.6) is 0 Å². The highest BCUT2D eigenvalue weighted by Gasteiger charge is 2.49. The molecule has 0 bridgehead atoms. The maximum Gasteiger partial charge on any atom is 0.248 e. The molecular formula is C21H21FN2O3S2. The lowest BCUT2D eigenvalue weighted by Gasteiger charge is -2.24. The van der Waals surface area contributed by atoms with Crippen molar-refractivity contribution in [2.24, 2.45) is 4.99 Å². The fraction of sp³-hybridized carbons (Fsp3) is 0.333. The molecule has 0 spiro atoms. The third-order valence-corrected chi connectivity index (χ3v) is 8.30. The SMILES string of the molecule is O=C(CCCc1ccccc1)N=C1S[C@H]2CS(=O)(=O)C[C@H]2N1c1ccc(F)cc1. The zero-order valence-corrected chi connectivity index (χ0v) is 17.3. The van der Waals surface area contributed by atoms with Crippen LogP contribution in [0.3, 0.4) is 0 Å². The van der Waals surface area contributed by atoms with Crippen molar-refractivity contribution in [2.45, 2.75) is 30.6 Å². The molecule has 4 rings (SSSR count). The number of halogens is 1. The van der Waals surface area contributed by atoms with Gasteiger partial charge in [0.05, 0.1) is 17.5 Å². The number of benzene rings is 2. The van der Waals surface area contributed by atoms with Crippen molar-refractivity contribution in [1.82, 2.24) is 0 Å². The zero-order valence-electron chi connectivity index (χ0n) is 15.7. The van der Waals surface area contributed by atoms with Gasteiger partial charge in [-0.1, -0.05) is 42.1 Å². The molecule has 2 aromatic rings. The summed E-state index contributed by atoms with van der Waals surface area (Å²) < 4.78 is 37.5. The van der Waals surface area contributed by atoms with E-state index in [1.54, 1.807) is 17.0 Å². The van der Waals surface area contributed by atoms with E-state index in [-0.39, 0.29) is 34.5 Å². The van der Waals surface area contributed by atoms with Crippen molar-refractivity contribution < 1.29 is 17.6 Å². The first-order valence-corrected chi connectivity index (χ1v) is 12.2. The predicted molar refractivity (Wildman–Crippen MR) is 115 cm³/mol. The Labute approximate surface area is 173 Å². The van der Waals surface area contributed by atoms with Crippen molar-refractivity contribution >= 4 is 38.4 Å². The molecule has 2 atom stereocenters. The zero-order chi connectivity index (χ0) is 20.4. The second-order valence-corrected chi connectivity index (χ2v) is 10.6. The topological polar surface area (TPSA) is 66.8 Å². The average Bonchev–Trinajstić information content (AvgIpc) is 3.14. The second kappa shape index (κ2) is 8.28. The van der Waals surface area contributed by atoms with Crippen LogP contribution in [-0.2, 0) is 21.1 Å². The molecule has 1 amide bonds. The van der Waals surface area contributed by atoms with E-state index in [1.165, 1.54) is 29.5 Å². The highest BCUT2D eigenvalue weighted by Crippen LogP contribution is 2.41. The number of fused-ring (bicyclic) bond motifs is 1. The Bertz CT molecular complexity index is 1020. The van der Waals surface area contributed by atoms with E-state index in [0.29, 0.717) is 23.7 Å². The number of amidine groups is 1. The van der Waals surface area contributed by atoms with Crippen molar-refractivity contribution in [1.29, 1.82) is 0 Å². The van der Waals surface area contributed by atoms with Gasteiger partial charge in [-0.25, -0.2) is 12.8 Å². The molecule has 0 N–H and O–H groups in total. The molecule has 0 radical (unpaired) electrons. The molecule has 0 unspecified atom stereocenters. The smallest absolute Gasteiger partial charge is 0.248 e. The number of carbonyl (C=O) groups excluding carboxylic acids is 1. The Balaban J connectivity index is 1.50. The van der Waals surface area contributed by atoms with E-state index in [1.807, 2.05) is 30.3 Å². The third kappa shape index (κ3) is 4.70. The van der Waals surface area contributed by atoms with Crippen LogP contribution in [0.2, 0.25) is 0 Å². The predicted octanol–water partition coefficient (Wildman–Crippen LogP) is 3.45. The van der Waals surface area contributed by atoms with Gasteiger partial charge >= 0.3 is 0 Å². The lowest BCUT2D eigenvalue weighted by molar-refractivity contribution is -0.117. The second-order valence-electron chi connectivity index (χ2n) is 7.27. The number of anilines is 1. The van der Waals surface area contributed by atoms with Gasteiger partial charge in [0.2, 0.25) is 5.91 Å². The maximum absolute atomic E-state index is 13.3. The number of aliphatic imine (C=N–C) groups is 1. The maximum atomic E-state index is 13.3. The summed E-state index contributed by atoms with van der Waals surface area (Å²) in [5.74, 6) is -0.505. The largest absolute Gasteiger partial charge is 0.316 e. The van der Waals surface area contributed by atoms with Crippen LogP contribution >= 0.6 is 11.8 Å². The van der Waals surface area contributed by atoms with Crippen LogP contribution in [0.25, 0.3) is 0 Å². The summed E-state index contributed by atoms with van der Waals surface area (Å²) >= 11 is 1.33. The van der Waals surface area contributed by atoms with E-state index in [4.69, 9.17) is 0 Å². The Morgan fingerprint density at radius 2 is 1.83 bits per heavy atom. The fourth-order valence-corrected chi connectivity index (χ4v) is 7.65. The molecule has 8 heteroatoms. The van der Waals surface area contributed by atoms with Crippen molar-refractivity contribution in [3.63, 3.8) is 0 Å². The lowest BCUT2D eigenvalue weighted by atomic mass is 10.1. The van der Waals surface area contributed by atoms with Gasteiger partial charge in [-0.3, -0.25) is 4.79 Å². The van der Waals surface area contributed by atoms with Gasteiger partial charge in [0.1, 0.15) is 5.82 Å². The normalized spacial score (nSPS) is 24.0. The molecule has 2 saturated heterocycles. The molecule has 152 valence electrons. The fourth-order valence-electron chi connectivity index (χ4n) is 3.72. The van der Waals surface area contributed by atoms with Gasteiger partial charge in [-0.15, -0.1) is 0 Å². The van der Waals surface area contributed by atoms with Gasteiger partial charge in [0.25, 0.3) is 0 Å². The molecule has 2 fully saturated rings. The number of hydrogen-bond donors (Lipinski definition) is 0. The molecule has 5 nitrogen and oxygen atoms in total. The Hall–Kier alpha value is -2.19. The van der Waals surface area contributed by atoms with Crippen molar-refractivity contribution in [2.75, 3.05) is 16.4 Å². The highest BCUT2D eigenvalue weighted by molar-refractivity contribution is 8.16. The quantitative estimate of drug-likeness (QED) is 0.724. The van der Waals surface area contributed by atoms with Crippen LogP contribution in [-0.4, -0.2) is 42.3 Å². The Morgan fingerprint density at radius 3 is 2.55 bits per heavy atom. The van der Waals surface area contributed by atoms with E-state index in [9.17, 15) is 17.6 Å². The minimum Gasteiger partial charge on any atom is -0.316 e. The van der Waals surface area contributed by atoms with E-state index in [0.717, 1.165) is 6.42 Å². The minimum absolute atomic E-state index is 0.0171. The van der Waals surface area contributed by atoms with E-state index in [2.05, 4.69) is 4.99 Å². The summed E-state index contributed by atoms with van der Waals surface area (Å²) in [5.41, 5.74) is 1.83. The Morgan fingerprint density at radius 1 is 1.10 bits per heavy atom. The first kappa shape index (κ1) is 20.1. The van der Waals surface area contributed by atoms with Gasteiger partial charge in [0.15, 0.2) is 15.0 Å². The third-order valence-electron chi connectivity index (χ3n) is 5.09. The number of amides is 1. The number of aryl methyl sites for hydroxylation is 1. The van der Waals surface area contributed by atoms with Gasteiger partial charge < -0.3 is 4.90 Å². The van der Waals surface area contributed by atoms with Crippen molar-refractivity contribution in [3.05, 3.63) is 66.0 Å². The summed E-state index contributed by atoms with van der Waals surface area (Å²) in [7, 11) is -3.13. The van der Waals surface area contributed by atoms with E-state index >= 15 is 0 Å². The number of carbonyl (C=O) groups is 1. The number of hydrogen-bond acceptors (Lipinski definition) is 4. The lowest BCUT2D eigenvalue weighted by Crippen LogP contribution is -2.37. The summed E-state index contributed by atoms with van der Waals surface area (Å²) in [6, 6.07) is 15.5. The molecule has 0 aliphatic carbocycles. The standard InChI is InChI=1S/C21H21FN2O3S2/c22-16-9-11-17(12-10-16)24-18-13-29(26,27)14-19(18)28-21(24)23-20(25)8-4-7-15-5-2-1-3-6-15/h1-3,5-6,9-12,18-19H,4,7-8,13-14H2/t18-,19+/m1/s1. The molecule has 0 saturated carbocycles. The summed E-state index contributed by atoms with van der Waals surface area (Å²) in [5, 5.41) is 0.340. The minimum atomic E-state index is -3.13. The molecule has 2 aromatic carbocycles. The molecule has 2 aliphatic heterocycles. The van der Waals surface area contributed by atoms with E-state index < -0.39 is 9.84 Å². The summed E-state index contributed by atoms with van der Waals surface area (Å²) in [6.07, 6.45) is 1.82. The van der Waals surface area contributed by atoms with Crippen molar-refractivity contribution in [3.8, 4) is 0 Å². The first-order valence-electron chi connectivity index (χ1n) is 9.49. The number of rotatable bonds is 5. The van der Waals surface area contributed by atoms with Crippen LogP contribution < -0.4 is 4.90 Å². The molecule has 29 heavy (non-hydrogen) atoms. The monoisotopic (exact) mass is 432 g/mol. The highest BCUT2D eigenvalue weighted by atomic mass is 32.2. The molecular weight excluding hydrogens is 411 g/mol. The van der Waals surface area contributed by atoms with Crippen LogP contribution in [0, 0.1) is 5.82 Å². The number of nitrogens with zero attached hydrogens (tertiary/aromatic N) is 2. The number of sulfone groups is 1. The number of thioether (sulfide) groups is 1. The molecule has 2 aliphatic rings. The first-order chi connectivity index (χ1) is 13.9.